The summed E-state index contributed by atoms with van der Waals surface area (Å²) in [6, 6.07) is 14.0. The van der Waals surface area contributed by atoms with E-state index in [-0.39, 0.29) is 6.04 Å². The molecule has 2 atom stereocenters. The van der Waals surface area contributed by atoms with Crippen LogP contribution in [0.1, 0.15) is 28.5 Å². The highest BCUT2D eigenvalue weighted by Gasteiger charge is 2.26. The van der Waals surface area contributed by atoms with E-state index < -0.39 is 6.10 Å². The molecule has 0 aliphatic carbocycles. The van der Waals surface area contributed by atoms with Gasteiger partial charge < -0.3 is 9.84 Å². The first-order valence-electron chi connectivity index (χ1n) is 7.78. The van der Waals surface area contributed by atoms with Crippen molar-refractivity contribution in [1.29, 1.82) is 5.26 Å². The minimum atomic E-state index is -0.440. The van der Waals surface area contributed by atoms with Crippen LogP contribution in [-0.4, -0.2) is 35.8 Å². The van der Waals surface area contributed by atoms with Gasteiger partial charge in [0, 0.05) is 24.0 Å². The normalized spacial score (nSPS) is 20.1. The highest BCUT2D eigenvalue weighted by atomic mass is 32.1. The van der Waals surface area contributed by atoms with Gasteiger partial charge in [-0.3, -0.25) is 4.90 Å². The Kier molecular flexibility index (Phi) is 5.42. The molecule has 1 N–H and O–H groups in total. The first kappa shape index (κ1) is 16.2. The van der Waals surface area contributed by atoms with Gasteiger partial charge in [-0.1, -0.05) is 18.2 Å². The largest absolute Gasteiger partial charge is 0.388 e. The van der Waals surface area contributed by atoms with E-state index in [0.717, 1.165) is 24.6 Å². The standard InChI is InChI=1S/C18H20N2O2S/c19-11-14-3-5-15(6-4-14)12-20-7-8-22-13-16(20)10-17(21)18-2-1-9-23-18/h1-6,9,16-17,21H,7-8,10,12-13H2. The van der Waals surface area contributed by atoms with Gasteiger partial charge in [-0.2, -0.15) is 5.26 Å². The van der Waals surface area contributed by atoms with E-state index in [1.807, 2.05) is 41.8 Å². The van der Waals surface area contributed by atoms with Gasteiger partial charge in [0.05, 0.1) is 31.0 Å². The van der Waals surface area contributed by atoms with Crippen molar-refractivity contribution in [3.05, 3.63) is 57.8 Å². The van der Waals surface area contributed by atoms with Crippen molar-refractivity contribution in [1.82, 2.24) is 4.90 Å². The van der Waals surface area contributed by atoms with Crippen LogP contribution in [0.4, 0.5) is 0 Å². The maximum atomic E-state index is 10.4. The fourth-order valence-corrected chi connectivity index (χ4v) is 3.61. The molecule has 1 aromatic heterocycles. The summed E-state index contributed by atoms with van der Waals surface area (Å²) in [7, 11) is 0. The monoisotopic (exact) mass is 328 g/mol. The molecule has 1 aromatic carbocycles. The van der Waals surface area contributed by atoms with E-state index in [9.17, 15) is 5.11 Å². The highest BCUT2D eigenvalue weighted by molar-refractivity contribution is 7.10. The molecular formula is C18H20N2O2S. The van der Waals surface area contributed by atoms with Crippen molar-refractivity contribution in [2.24, 2.45) is 0 Å². The van der Waals surface area contributed by atoms with Gasteiger partial charge in [0.2, 0.25) is 0 Å². The number of aliphatic hydroxyl groups excluding tert-OH is 1. The van der Waals surface area contributed by atoms with Gasteiger partial charge in [0.25, 0.3) is 0 Å². The van der Waals surface area contributed by atoms with Crippen LogP contribution >= 0.6 is 11.3 Å². The summed E-state index contributed by atoms with van der Waals surface area (Å²) >= 11 is 1.59. The zero-order valence-electron chi connectivity index (χ0n) is 12.9. The molecule has 5 heteroatoms. The summed E-state index contributed by atoms with van der Waals surface area (Å²) in [5.74, 6) is 0. The summed E-state index contributed by atoms with van der Waals surface area (Å²) in [6.07, 6.45) is 0.238. The Labute approximate surface area is 140 Å². The second kappa shape index (κ2) is 7.71. The van der Waals surface area contributed by atoms with Crippen LogP contribution < -0.4 is 0 Å². The zero-order valence-corrected chi connectivity index (χ0v) is 13.7. The highest BCUT2D eigenvalue weighted by Crippen LogP contribution is 2.26. The van der Waals surface area contributed by atoms with E-state index in [4.69, 9.17) is 10.00 Å². The fraction of sp³-hybridized carbons (Fsp3) is 0.389. The Morgan fingerprint density at radius 1 is 1.35 bits per heavy atom. The number of hydrogen-bond donors (Lipinski definition) is 1. The molecule has 3 rings (SSSR count). The number of thiophene rings is 1. The van der Waals surface area contributed by atoms with Gasteiger partial charge >= 0.3 is 0 Å². The van der Waals surface area contributed by atoms with Crippen LogP contribution in [-0.2, 0) is 11.3 Å². The van der Waals surface area contributed by atoms with Gasteiger partial charge in [-0.15, -0.1) is 11.3 Å². The summed E-state index contributed by atoms with van der Waals surface area (Å²) in [5, 5.41) is 21.3. The summed E-state index contributed by atoms with van der Waals surface area (Å²) < 4.78 is 5.61. The van der Waals surface area contributed by atoms with Crippen LogP contribution in [0.25, 0.3) is 0 Å². The predicted molar refractivity (Wildman–Crippen MR) is 90.1 cm³/mol. The number of ether oxygens (including phenoxy) is 1. The topological polar surface area (TPSA) is 56.5 Å². The molecule has 1 saturated heterocycles. The van der Waals surface area contributed by atoms with Gasteiger partial charge in [-0.25, -0.2) is 0 Å². The Morgan fingerprint density at radius 2 is 2.17 bits per heavy atom. The molecule has 2 unspecified atom stereocenters. The first-order valence-corrected chi connectivity index (χ1v) is 8.66. The molecule has 1 aliphatic heterocycles. The number of nitriles is 1. The molecule has 1 aliphatic rings. The lowest BCUT2D eigenvalue weighted by atomic mass is 10.0. The molecule has 120 valence electrons. The Hall–Kier alpha value is -1.71. The van der Waals surface area contributed by atoms with E-state index >= 15 is 0 Å². The third-order valence-electron chi connectivity index (χ3n) is 4.19. The molecule has 0 amide bonds. The molecule has 0 radical (unpaired) electrons. The maximum absolute atomic E-state index is 10.4. The molecule has 1 fully saturated rings. The van der Waals surface area contributed by atoms with E-state index in [0.29, 0.717) is 18.6 Å². The smallest absolute Gasteiger partial charge is 0.0991 e. The number of aliphatic hydroxyl groups is 1. The number of benzene rings is 1. The fourth-order valence-electron chi connectivity index (χ4n) is 2.89. The average Bonchev–Trinajstić information content (AvgIpc) is 3.12. The van der Waals surface area contributed by atoms with Crippen LogP contribution in [0.2, 0.25) is 0 Å². The molecule has 4 nitrogen and oxygen atoms in total. The molecule has 0 saturated carbocycles. The Balaban J connectivity index is 1.64. The maximum Gasteiger partial charge on any atom is 0.0991 e. The van der Waals surface area contributed by atoms with Gasteiger partial charge in [0.15, 0.2) is 0 Å². The van der Waals surface area contributed by atoms with Crippen molar-refractivity contribution in [3.8, 4) is 6.07 Å². The number of hydrogen-bond acceptors (Lipinski definition) is 5. The lowest BCUT2D eigenvalue weighted by Gasteiger charge is -2.36. The molecule has 2 heterocycles. The van der Waals surface area contributed by atoms with Crippen molar-refractivity contribution in [2.75, 3.05) is 19.8 Å². The molecule has 0 spiro atoms. The quantitative estimate of drug-likeness (QED) is 0.917. The van der Waals surface area contributed by atoms with E-state index in [1.54, 1.807) is 11.3 Å². The number of rotatable bonds is 5. The SMILES string of the molecule is N#Cc1ccc(CN2CCOCC2CC(O)c2cccs2)cc1. The van der Waals surface area contributed by atoms with Crippen molar-refractivity contribution < 1.29 is 9.84 Å². The Morgan fingerprint density at radius 3 is 2.87 bits per heavy atom. The number of nitrogens with zero attached hydrogens (tertiary/aromatic N) is 2. The van der Waals surface area contributed by atoms with Crippen LogP contribution in [0, 0.1) is 11.3 Å². The molecule has 23 heavy (non-hydrogen) atoms. The van der Waals surface area contributed by atoms with Crippen LogP contribution in [0.5, 0.6) is 0 Å². The predicted octanol–water partition coefficient (Wildman–Crippen LogP) is 2.94. The summed E-state index contributed by atoms with van der Waals surface area (Å²) in [6.45, 7) is 3.05. The van der Waals surface area contributed by atoms with Crippen molar-refractivity contribution in [2.45, 2.75) is 25.1 Å². The van der Waals surface area contributed by atoms with E-state index in [1.165, 1.54) is 5.56 Å². The Bertz CT molecular complexity index is 649. The first-order chi connectivity index (χ1) is 11.3. The number of morpholine rings is 1. The minimum absolute atomic E-state index is 0.205. The van der Waals surface area contributed by atoms with Crippen LogP contribution in [0.15, 0.2) is 41.8 Å². The summed E-state index contributed by atoms with van der Waals surface area (Å²) in [5.41, 5.74) is 1.86. The van der Waals surface area contributed by atoms with E-state index in [2.05, 4.69) is 11.0 Å². The minimum Gasteiger partial charge on any atom is -0.388 e. The molecule has 2 aromatic rings. The second-order valence-electron chi connectivity index (χ2n) is 5.77. The lowest BCUT2D eigenvalue weighted by molar-refractivity contribution is -0.0296. The second-order valence-corrected chi connectivity index (χ2v) is 6.75. The molecular weight excluding hydrogens is 308 g/mol. The third-order valence-corrected chi connectivity index (χ3v) is 5.16. The lowest BCUT2D eigenvalue weighted by Crippen LogP contribution is -2.45. The zero-order chi connectivity index (χ0) is 16.1. The van der Waals surface area contributed by atoms with Gasteiger partial charge in [-0.05, 0) is 35.6 Å². The van der Waals surface area contributed by atoms with Crippen molar-refractivity contribution in [3.63, 3.8) is 0 Å². The third kappa shape index (κ3) is 4.18. The summed E-state index contributed by atoms with van der Waals surface area (Å²) in [4.78, 5) is 3.37. The van der Waals surface area contributed by atoms with Crippen LogP contribution in [0.3, 0.4) is 0 Å². The van der Waals surface area contributed by atoms with Crippen molar-refractivity contribution >= 4 is 11.3 Å². The van der Waals surface area contributed by atoms with Gasteiger partial charge in [0.1, 0.15) is 0 Å². The molecule has 0 bridgehead atoms. The average molecular weight is 328 g/mol.